The number of carbonyl (C=O) groups is 1. The molecule has 18 heavy (non-hydrogen) atoms. The highest BCUT2D eigenvalue weighted by atomic mass is 16.6. The van der Waals surface area contributed by atoms with Gasteiger partial charge in [0.15, 0.2) is 0 Å². The summed E-state index contributed by atoms with van der Waals surface area (Å²) in [6.45, 7) is 3.39. The molecular weight excluding hydrogens is 234 g/mol. The molecule has 0 bridgehead atoms. The molecule has 0 saturated carbocycles. The standard InChI is InChI=1S/C13H17NO4/c15-13(16)11-3-1-10(2-4-11)7-14-8-12-9-17-5-6-18-12/h1-4,12,14H,5-9H2,(H,15,16). The molecule has 1 aliphatic rings. The summed E-state index contributed by atoms with van der Waals surface area (Å²) in [4.78, 5) is 10.7. The van der Waals surface area contributed by atoms with Crippen molar-refractivity contribution >= 4 is 5.97 Å². The first kappa shape index (κ1) is 13.0. The van der Waals surface area contributed by atoms with Gasteiger partial charge in [-0.05, 0) is 17.7 Å². The number of carboxylic acid groups (broad SMARTS) is 1. The van der Waals surface area contributed by atoms with E-state index in [0.717, 1.165) is 12.1 Å². The lowest BCUT2D eigenvalue weighted by atomic mass is 10.1. The van der Waals surface area contributed by atoms with Crippen LogP contribution in [-0.4, -0.2) is 43.5 Å². The Morgan fingerprint density at radius 2 is 2.11 bits per heavy atom. The number of nitrogens with one attached hydrogen (secondary N) is 1. The van der Waals surface area contributed by atoms with E-state index < -0.39 is 5.97 Å². The van der Waals surface area contributed by atoms with E-state index in [0.29, 0.717) is 31.9 Å². The lowest BCUT2D eigenvalue weighted by Crippen LogP contribution is -2.37. The second-order valence-electron chi connectivity index (χ2n) is 4.20. The van der Waals surface area contributed by atoms with Crippen molar-refractivity contribution < 1.29 is 19.4 Å². The van der Waals surface area contributed by atoms with Gasteiger partial charge in [0, 0.05) is 13.1 Å². The van der Waals surface area contributed by atoms with Gasteiger partial charge in [-0.1, -0.05) is 12.1 Å². The molecule has 1 fully saturated rings. The fourth-order valence-corrected chi connectivity index (χ4v) is 1.80. The van der Waals surface area contributed by atoms with Crippen molar-refractivity contribution in [3.05, 3.63) is 35.4 Å². The first-order chi connectivity index (χ1) is 8.75. The van der Waals surface area contributed by atoms with Crippen molar-refractivity contribution in [2.45, 2.75) is 12.6 Å². The van der Waals surface area contributed by atoms with E-state index in [9.17, 15) is 4.79 Å². The maximum atomic E-state index is 10.7. The number of rotatable bonds is 5. The van der Waals surface area contributed by atoms with Crippen LogP contribution in [0.2, 0.25) is 0 Å². The third kappa shape index (κ3) is 3.80. The third-order valence-corrected chi connectivity index (χ3v) is 2.79. The number of benzene rings is 1. The zero-order valence-electron chi connectivity index (χ0n) is 10.1. The third-order valence-electron chi connectivity index (χ3n) is 2.79. The Morgan fingerprint density at radius 1 is 1.33 bits per heavy atom. The summed E-state index contributed by atoms with van der Waals surface area (Å²) in [5.41, 5.74) is 1.36. The molecule has 1 heterocycles. The molecular formula is C13H17NO4. The molecule has 1 aromatic carbocycles. The van der Waals surface area contributed by atoms with Crippen LogP contribution in [0, 0.1) is 0 Å². The molecule has 2 rings (SSSR count). The fourth-order valence-electron chi connectivity index (χ4n) is 1.80. The van der Waals surface area contributed by atoms with Crippen LogP contribution in [-0.2, 0) is 16.0 Å². The Balaban J connectivity index is 1.74. The summed E-state index contributed by atoms with van der Waals surface area (Å²) in [7, 11) is 0. The molecule has 0 aliphatic carbocycles. The molecule has 5 heteroatoms. The van der Waals surface area contributed by atoms with Crippen LogP contribution < -0.4 is 5.32 Å². The van der Waals surface area contributed by atoms with E-state index in [1.165, 1.54) is 0 Å². The van der Waals surface area contributed by atoms with Crippen LogP contribution in [0.15, 0.2) is 24.3 Å². The van der Waals surface area contributed by atoms with E-state index in [4.69, 9.17) is 14.6 Å². The maximum Gasteiger partial charge on any atom is 0.335 e. The molecule has 1 unspecified atom stereocenters. The Bertz CT molecular complexity index is 384. The molecule has 98 valence electrons. The highest BCUT2D eigenvalue weighted by Crippen LogP contribution is 2.05. The van der Waals surface area contributed by atoms with Crippen LogP contribution in [0.4, 0.5) is 0 Å². The Hall–Kier alpha value is -1.43. The van der Waals surface area contributed by atoms with E-state index >= 15 is 0 Å². The van der Waals surface area contributed by atoms with Crippen molar-refractivity contribution in [1.82, 2.24) is 5.32 Å². The summed E-state index contributed by atoms with van der Waals surface area (Å²) in [5, 5.41) is 12.0. The number of hydrogen-bond acceptors (Lipinski definition) is 4. The van der Waals surface area contributed by atoms with Gasteiger partial charge >= 0.3 is 5.97 Å². The topological polar surface area (TPSA) is 67.8 Å². The zero-order valence-corrected chi connectivity index (χ0v) is 10.1. The lowest BCUT2D eigenvalue weighted by molar-refractivity contribution is -0.0864. The predicted octanol–water partition coefficient (Wildman–Crippen LogP) is 0.890. The predicted molar refractivity (Wildman–Crippen MR) is 65.7 cm³/mol. The monoisotopic (exact) mass is 251 g/mol. The molecule has 1 aliphatic heterocycles. The SMILES string of the molecule is O=C(O)c1ccc(CNCC2COCCO2)cc1. The number of aromatic carboxylic acids is 1. The van der Waals surface area contributed by atoms with Crippen LogP contribution in [0.25, 0.3) is 0 Å². The van der Waals surface area contributed by atoms with Gasteiger partial charge in [0.2, 0.25) is 0 Å². The van der Waals surface area contributed by atoms with Crippen molar-refractivity contribution in [2.75, 3.05) is 26.4 Å². The van der Waals surface area contributed by atoms with E-state index in [2.05, 4.69) is 5.32 Å². The smallest absolute Gasteiger partial charge is 0.335 e. The summed E-state index contributed by atoms with van der Waals surface area (Å²) in [6.07, 6.45) is 0.108. The quantitative estimate of drug-likeness (QED) is 0.813. The van der Waals surface area contributed by atoms with Crippen LogP contribution in [0.3, 0.4) is 0 Å². The molecule has 0 amide bonds. The highest BCUT2D eigenvalue weighted by molar-refractivity contribution is 5.87. The molecule has 1 saturated heterocycles. The average Bonchev–Trinajstić information content (AvgIpc) is 2.40. The zero-order chi connectivity index (χ0) is 12.8. The van der Waals surface area contributed by atoms with Gasteiger partial charge in [-0.3, -0.25) is 0 Å². The minimum atomic E-state index is -0.901. The van der Waals surface area contributed by atoms with Crippen LogP contribution in [0.5, 0.6) is 0 Å². The van der Waals surface area contributed by atoms with E-state index in [1.54, 1.807) is 12.1 Å². The Labute approximate surface area is 106 Å². The first-order valence-corrected chi connectivity index (χ1v) is 5.98. The maximum absolute atomic E-state index is 10.7. The van der Waals surface area contributed by atoms with Crippen molar-refractivity contribution in [3.8, 4) is 0 Å². The molecule has 0 radical (unpaired) electrons. The summed E-state index contributed by atoms with van der Waals surface area (Å²) in [5.74, 6) is -0.901. The van der Waals surface area contributed by atoms with Crippen molar-refractivity contribution in [1.29, 1.82) is 0 Å². The van der Waals surface area contributed by atoms with Gasteiger partial charge in [0.1, 0.15) is 0 Å². The van der Waals surface area contributed by atoms with Crippen LogP contribution >= 0.6 is 0 Å². The summed E-state index contributed by atoms with van der Waals surface area (Å²) in [6, 6.07) is 6.85. The molecule has 1 aromatic rings. The minimum absolute atomic E-state index is 0.108. The van der Waals surface area contributed by atoms with Gasteiger partial charge in [-0.25, -0.2) is 4.79 Å². The summed E-state index contributed by atoms with van der Waals surface area (Å²) < 4.78 is 10.8. The van der Waals surface area contributed by atoms with Gasteiger partial charge in [-0.2, -0.15) is 0 Å². The molecule has 2 N–H and O–H groups in total. The van der Waals surface area contributed by atoms with Gasteiger partial charge < -0.3 is 19.9 Å². The normalized spacial score (nSPS) is 19.7. The first-order valence-electron chi connectivity index (χ1n) is 5.98. The lowest BCUT2D eigenvalue weighted by Gasteiger charge is -2.23. The summed E-state index contributed by atoms with van der Waals surface area (Å²) >= 11 is 0. The minimum Gasteiger partial charge on any atom is -0.478 e. The fraction of sp³-hybridized carbons (Fsp3) is 0.462. The Kier molecular flexibility index (Phi) is 4.69. The van der Waals surface area contributed by atoms with E-state index in [-0.39, 0.29) is 6.10 Å². The Morgan fingerprint density at radius 3 is 2.72 bits per heavy atom. The molecule has 1 atom stereocenters. The molecule has 0 spiro atoms. The number of ether oxygens (including phenoxy) is 2. The number of hydrogen-bond donors (Lipinski definition) is 2. The van der Waals surface area contributed by atoms with Gasteiger partial charge in [-0.15, -0.1) is 0 Å². The van der Waals surface area contributed by atoms with E-state index in [1.807, 2.05) is 12.1 Å². The molecule has 0 aromatic heterocycles. The average molecular weight is 251 g/mol. The second kappa shape index (κ2) is 6.49. The number of carboxylic acids is 1. The van der Waals surface area contributed by atoms with Crippen molar-refractivity contribution in [2.24, 2.45) is 0 Å². The second-order valence-corrected chi connectivity index (χ2v) is 4.20. The van der Waals surface area contributed by atoms with Gasteiger partial charge in [0.25, 0.3) is 0 Å². The van der Waals surface area contributed by atoms with Crippen LogP contribution in [0.1, 0.15) is 15.9 Å². The highest BCUT2D eigenvalue weighted by Gasteiger charge is 2.13. The van der Waals surface area contributed by atoms with Crippen molar-refractivity contribution in [3.63, 3.8) is 0 Å². The molecule has 5 nitrogen and oxygen atoms in total. The largest absolute Gasteiger partial charge is 0.478 e. The van der Waals surface area contributed by atoms with Gasteiger partial charge in [0.05, 0.1) is 31.5 Å².